The average molecular weight is 477 g/mol. The molecule has 5 rings (SSSR count). The number of hydrogen-bond donors (Lipinski definition) is 0. The number of carbonyl (C=O) groups is 3. The van der Waals surface area contributed by atoms with Crippen molar-refractivity contribution in [1.29, 1.82) is 0 Å². The fourth-order valence-electron chi connectivity index (χ4n) is 5.06. The van der Waals surface area contributed by atoms with Crippen LogP contribution in [0.1, 0.15) is 34.3 Å². The molecule has 0 radical (unpaired) electrons. The van der Waals surface area contributed by atoms with Gasteiger partial charge in [0.1, 0.15) is 5.75 Å². The Labute approximate surface area is 204 Å². The first-order chi connectivity index (χ1) is 17.0. The Morgan fingerprint density at radius 2 is 1.69 bits per heavy atom. The van der Waals surface area contributed by atoms with Crippen molar-refractivity contribution in [3.8, 4) is 5.75 Å². The highest BCUT2D eigenvalue weighted by molar-refractivity contribution is 6.01. The first-order valence-corrected chi connectivity index (χ1v) is 11.9. The number of piperidine rings is 1. The third-order valence-electron chi connectivity index (χ3n) is 6.93. The highest BCUT2D eigenvalue weighted by Crippen LogP contribution is 2.43. The summed E-state index contributed by atoms with van der Waals surface area (Å²) in [5.41, 5.74) is 2.00. The number of fused-ring (bicyclic) bond motifs is 2. The van der Waals surface area contributed by atoms with Crippen LogP contribution in [-0.4, -0.2) is 60.9 Å². The van der Waals surface area contributed by atoms with Crippen molar-refractivity contribution in [2.75, 3.05) is 33.3 Å². The zero-order chi connectivity index (χ0) is 24.4. The molecular formula is C27H28N2O6. The Morgan fingerprint density at radius 3 is 2.40 bits per heavy atom. The second-order valence-corrected chi connectivity index (χ2v) is 9.11. The van der Waals surface area contributed by atoms with Gasteiger partial charge in [-0.25, -0.2) is 9.59 Å². The second kappa shape index (κ2) is 9.54. The average Bonchev–Trinajstić information content (AvgIpc) is 2.99. The molecule has 0 N–H and O–H groups in total. The minimum Gasteiger partial charge on any atom is -0.497 e. The number of amides is 1. The maximum absolute atomic E-state index is 13.3. The lowest BCUT2D eigenvalue weighted by molar-refractivity contribution is -0.275. The normalized spacial score (nSPS) is 19.9. The number of ether oxygens (including phenoxy) is 3. The van der Waals surface area contributed by atoms with E-state index < -0.39 is 17.8 Å². The quantitative estimate of drug-likeness (QED) is 0.593. The maximum atomic E-state index is 13.3. The van der Waals surface area contributed by atoms with Crippen LogP contribution in [0.5, 0.6) is 5.75 Å². The molecule has 2 aromatic carbocycles. The van der Waals surface area contributed by atoms with Crippen molar-refractivity contribution in [2.24, 2.45) is 5.92 Å². The fourth-order valence-corrected chi connectivity index (χ4v) is 5.06. The van der Waals surface area contributed by atoms with Gasteiger partial charge in [-0.3, -0.25) is 9.69 Å². The molecule has 3 heterocycles. The van der Waals surface area contributed by atoms with Gasteiger partial charge in [0.05, 0.1) is 18.2 Å². The molecule has 3 aliphatic rings. The molecular weight excluding hydrogens is 448 g/mol. The first kappa shape index (κ1) is 23.1. The Bertz CT molecular complexity index is 1150. The lowest BCUT2D eigenvalue weighted by Crippen LogP contribution is -2.52. The Hall–Kier alpha value is -3.65. The van der Waals surface area contributed by atoms with Crippen LogP contribution in [0.3, 0.4) is 0 Å². The van der Waals surface area contributed by atoms with Crippen molar-refractivity contribution in [2.45, 2.75) is 25.2 Å². The van der Waals surface area contributed by atoms with Crippen LogP contribution in [0.4, 0.5) is 0 Å². The van der Waals surface area contributed by atoms with Crippen molar-refractivity contribution in [1.82, 2.24) is 9.80 Å². The molecule has 2 aromatic rings. The molecule has 1 fully saturated rings. The van der Waals surface area contributed by atoms with Gasteiger partial charge < -0.3 is 19.1 Å². The van der Waals surface area contributed by atoms with Crippen LogP contribution in [0, 0.1) is 5.92 Å². The zero-order valence-corrected chi connectivity index (χ0v) is 19.6. The number of benzene rings is 2. The molecule has 0 atom stereocenters. The third kappa shape index (κ3) is 4.53. The number of esters is 2. The third-order valence-corrected chi connectivity index (χ3v) is 6.93. The molecule has 35 heavy (non-hydrogen) atoms. The van der Waals surface area contributed by atoms with Gasteiger partial charge in [-0.1, -0.05) is 24.3 Å². The topological polar surface area (TPSA) is 85.4 Å². The number of likely N-dealkylation sites (tertiary alicyclic amines) is 1. The predicted molar refractivity (Wildman–Crippen MR) is 126 cm³/mol. The number of rotatable bonds is 6. The van der Waals surface area contributed by atoms with Gasteiger partial charge in [0.2, 0.25) is 0 Å². The Balaban J connectivity index is 1.26. The van der Waals surface area contributed by atoms with E-state index in [4.69, 9.17) is 14.2 Å². The van der Waals surface area contributed by atoms with Gasteiger partial charge in [0, 0.05) is 25.2 Å². The molecule has 0 bridgehead atoms. The lowest BCUT2D eigenvalue weighted by Gasteiger charge is -2.39. The highest BCUT2D eigenvalue weighted by Gasteiger charge is 2.57. The molecule has 1 saturated heterocycles. The van der Waals surface area contributed by atoms with Crippen LogP contribution in [-0.2, 0) is 31.4 Å². The van der Waals surface area contributed by atoms with Gasteiger partial charge in [0.25, 0.3) is 5.91 Å². The predicted octanol–water partition coefficient (Wildman–Crippen LogP) is 2.87. The number of nitrogens with zero attached hydrogens (tertiary/aromatic N) is 2. The van der Waals surface area contributed by atoms with Crippen LogP contribution < -0.4 is 4.74 Å². The van der Waals surface area contributed by atoms with Crippen LogP contribution in [0.2, 0.25) is 0 Å². The monoisotopic (exact) mass is 476 g/mol. The molecule has 182 valence electrons. The van der Waals surface area contributed by atoms with E-state index in [1.807, 2.05) is 12.1 Å². The van der Waals surface area contributed by atoms with Gasteiger partial charge >= 0.3 is 17.8 Å². The van der Waals surface area contributed by atoms with Gasteiger partial charge in [-0.15, -0.1) is 0 Å². The highest BCUT2D eigenvalue weighted by atomic mass is 16.8. The lowest BCUT2D eigenvalue weighted by atomic mass is 9.95. The van der Waals surface area contributed by atoms with Crippen molar-refractivity contribution < 1.29 is 28.6 Å². The molecule has 1 amide bonds. The van der Waals surface area contributed by atoms with E-state index in [0.29, 0.717) is 17.7 Å². The molecule has 0 saturated carbocycles. The van der Waals surface area contributed by atoms with E-state index in [9.17, 15) is 14.4 Å². The molecule has 8 heteroatoms. The molecule has 0 aromatic heterocycles. The minimum atomic E-state index is -1.87. The number of methoxy groups -OCH3 is 1. The Kier molecular flexibility index (Phi) is 6.30. The van der Waals surface area contributed by atoms with Crippen LogP contribution >= 0.6 is 0 Å². The molecule has 0 aliphatic carbocycles. The molecule has 3 aliphatic heterocycles. The van der Waals surface area contributed by atoms with Gasteiger partial charge in [-0.05, 0) is 68.1 Å². The van der Waals surface area contributed by atoms with Crippen molar-refractivity contribution in [3.05, 3.63) is 77.4 Å². The van der Waals surface area contributed by atoms with E-state index in [2.05, 4.69) is 17.0 Å². The molecule has 1 spiro atoms. The largest absolute Gasteiger partial charge is 0.497 e. The zero-order valence-electron chi connectivity index (χ0n) is 19.6. The minimum absolute atomic E-state index is 0.187. The summed E-state index contributed by atoms with van der Waals surface area (Å²) in [6.45, 7) is 3.08. The summed E-state index contributed by atoms with van der Waals surface area (Å²) in [6.07, 6.45) is 4.76. The van der Waals surface area contributed by atoms with E-state index in [1.54, 1.807) is 31.4 Å². The summed E-state index contributed by atoms with van der Waals surface area (Å²) in [5, 5.41) is 0. The summed E-state index contributed by atoms with van der Waals surface area (Å²) in [5.74, 6) is -2.57. The van der Waals surface area contributed by atoms with Gasteiger partial charge in [-0.2, -0.15) is 0 Å². The number of hydrogen-bond acceptors (Lipinski definition) is 7. The van der Waals surface area contributed by atoms with E-state index in [-0.39, 0.29) is 11.8 Å². The summed E-state index contributed by atoms with van der Waals surface area (Å²) in [4.78, 5) is 41.8. The number of carbonyl (C=O) groups excluding carboxylic acids is 3. The maximum Gasteiger partial charge on any atom is 0.375 e. The van der Waals surface area contributed by atoms with Crippen LogP contribution in [0.15, 0.2) is 60.7 Å². The summed E-state index contributed by atoms with van der Waals surface area (Å²) < 4.78 is 16.6. The molecule has 8 nitrogen and oxygen atoms in total. The Morgan fingerprint density at radius 1 is 0.971 bits per heavy atom. The second-order valence-electron chi connectivity index (χ2n) is 9.11. The van der Waals surface area contributed by atoms with Gasteiger partial charge in [0.15, 0.2) is 0 Å². The van der Waals surface area contributed by atoms with Crippen LogP contribution in [0.25, 0.3) is 0 Å². The fraction of sp³-hybridized carbons (Fsp3) is 0.370. The van der Waals surface area contributed by atoms with Crippen molar-refractivity contribution >= 4 is 17.8 Å². The first-order valence-electron chi connectivity index (χ1n) is 11.9. The standard InChI is InChI=1S/C27H28N2O6/c1-33-21-6-4-5-19(17-21)11-14-28-15-12-20(13-16-28)18-29-26(32)22-7-2-3-8-23(22)27(29)34-24(30)9-10-25(31)35-27/h2-10,17,20H,11-16,18H2,1H3. The van der Waals surface area contributed by atoms with E-state index in [0.717, 1.165) is 56.8 Å². The summed E-state index contributed by atoms with van der Waals surface area (Å²) in [6, 6.07) is 14.9. The van der Waals surface area contributed by atoms with E-state index in [1.165, 1.54) is 10.5 Å². The van der Waals surface area contributed by atoms with E-state index >= 15 is 0 Å². The SMILES string of the molecule is COc1cccc(CCN2CCC(CN3C(=O)c4ccccc4C34OC(=O)C=CC(=O)O4)CC2)c1. The molecule has 0 unspecified atom stereocenters. The smallest absolute Gasteiger partial charge is 0.375 e. The summed E-state index contributed by atoms with van der Waals surface area (Å²) >= 11 is 0. The van der Waals surface area contributed by atoms with Crippen molar-refractivity contribution in [3.63, 3.8) is 0 Å². The summed E-state index contributed by atoms with van der Waals surface area (Å²) in [7, 11) is 1.67.